The van der Waals surface area contributed by atoms with Gasteiger partial charge in [0.15, 0.2) is 0 Å². The summed E-state index contributed by atoms with van der Waals surface area (Å²) < 4.78 is 9.10. The van der Waals surface area contributed by atoms with E-state index in [4.69, 9.17) is 15.3 Å². The molecular weight excluding hydrogens is 429 g/mol. The number of hydroxylamine groups is 2. The molecule has 0 unspecified atom stereocenters. The normalized spacial score (nSPS) is 23.1. The number of hydrogen-bond acceptors (Lipinski definition) is 5. The quantitative estimate of drug-likeness (QED) is 0.374. The molecule has 2 heterocycles. The zero-order chi connectivity index (χ0) is 17.4. The van der Waals surface area contributed by atoms with Crippen molar-refractivity contribution in [2.24, 2.45) is 5.73 Å². The topological polar surface area (TPSA) is 102 Å². The predicted octanol–water partition coefficient (Wildman–Crippen LogP) is 1.64. The number of hydrogen-bond donors (Lipinski definition) is 1. The number of amides is 4. The molecule has 0 radical (unpaired) electrons. The highest BCUT2D eigenvalue weighted by Crippen LogP contribution is 2.33. The van der Waals surface area contributed by atoms with Gasteiger partial charge in [-0.25, -0.2) is 19.3 Å². The number of cyclic esters (lactones) is 1. The fraction of sp³-hybridized carbons (Fsp3) is 0.400. The molecule has 24 heavy (non-hydrogen) atoms. The van der Waals surface area contributed by atoms with Crippen molar-refractivity contribution in [3.05, 3.63) is 22.8 Å². The Balaban J connectivity index is 1.84. The average Bonchev–Trinajstić information content (AvgIpc) is 3.08. The van der Waals surface area contributed by atoms with Gasteiger partial charge in [0.05, 0.1) is 6.54 Å². The van der Waals surface area contributed by atoms with Crippen LogP contribution in [0.4, 0.5) is 14.4 Å². The molecule has 0 aromatic rings. The zero-order valence-electron chi connectivity index (χ0n) is 13.3. The molecule has 2 N–H and O–H groups in total. The van der Waals surface area contributed by atoms with Crippen molar-refractivity contribution in [2.45, 2.75) is 19.4 Å². The van der Waals surface area contributed by atoms with Gasteiger partial charge < -0.3 is 15.3 Å². The van der Waals surface area contributed by atoms with Crippen molar-refractivity contribution in [1.82, 2.24) is 9.96 Å². The SMILES string of the molecule is CC1=CC2=C(C=I(C)=C2)[C@H](N(OC(=O)N2CCOC2=O)C(N)=O)C1. The Kier molecular flexibility index (Phi) is 4.52. The van der Waals surface area contributed by atoms with E-state index < -0.39 is 43.1 Å². The van der Waals surface area contributed by atoms with Crippen LogP contribution in [0.25, 0.3) is 0 Å². The lowest BCUT2D eigenvalue weighted by Crippen LogP contribution is -2.49. The maximum Gasteiger partial charge on any atom is 0.444 e. The summed E-state index contributed by atoms with van der Waals surface area (Å²) in [6.45, 7) is 2.15. The van der Waals surface area contributed by atoms with Crippen molar-refractivity contribution >= 4 is 45.1 Å². The third-order valence-electron chi connectivity index (χ3n) is 3.85. The van der Waals surface area contributed by atoms with Crippen molar-refractivity contribution in [3.8, 4) is 0 Å². The molecule has 8 nitrogen and oxygen atoms in total. The van der Waals surface area contributed by atoms with E-state index in [0.717, 1.165) is 26.7 Å². The summed E-state index contributed by atoms with van der Waals surface area (Å²) in [5, 5.41) is 0.874. The summed E-state index contributed by atoms with van der Waals surface area (Å²) >= 11 is -1.31. The van der Waals surface area contributed by atoms with Gasteiger partial charge in [-0.3, -0.25) is 0 Å². The van der Waals surface area contributed by atoms with Gasteiger partial charge in [-0.1, -0.05) is 11.6 Å². The molecular formula is C15H18IN3O5. The summed E-state index contributed by atoms with van der Waals surface area (Å²) in [4.78, 5) is 43.7. The van der Waals surface area contributed by atoms with E-state index in [0.29, 0.717) is 6.42 Å². The van der Waals surface area contributed by atoms with Crippen LogP contribution in [-0.4, -0.2) is 60.3 Å². The van der Waals surface area contributed by atoms with Crippen molar-refractivity contribution < 1.29 is 24.0 Å². The van der Waals surface area contributed by atoms with E-state index in [9.17, 15) is 14.4 Å². The minimum Gasteiger partial charge on any atom is -0.447 e. The number of carbonyl (C=O) groups is 3. The molecule has 4 amide bonds. The number of primary amides is 1. The second-order valence-electron chi connectivity index (χ2n) is 5.69. The lowest BCUT2D eigenvalue weighted by atomic mass is 9.90. The van der Waals surface area contributed by atoms with Crippen LogP contribution in [0.15, 0.2) is 22.8 Å². The van der Waals surface area contributed by atoms with Crippen molar-refractivity contribution in [1.29, 1.82) is 0 Å². The molecule has 0 bridgehead atoms. The number of nitrogens with two attached hydrogens (primary N) is 1. The Morgan fingerprint density at radius 1 is 1.46 bits per heavy atom. The molecule has 1 aliphatic carbocycles. The van der Waals surface area contributed by atoms with Gasteiger partial charge in [0.1, 0.15) is 12.6 Å². The van der Waals surface area contributed by atoms with Gasteiger partial charge >= 0.3 is 18.2 Å². The second kappa shape index (κ2) is 6.46. The Bertz CT molecular complexity index is 776. The molecule has 1 atom stereocenters. The molecule has 0 spiro atoms. The van der Waals surface area contributed by atoms with Gasteiger partial charge in [-0.15, -0.1) is 5.06 Å². The summed E-state index contributed by atoms with van der Waals surface area (Å²) in [6, 6.07) is -1.34. The summed E-state index contributed by atoms with van der Waals surface area (Å²) in [7, 11) is 0. The fourth-order valence-electron chi connectivity index (χ4n) is 2.81. The molecule has 3 aliphatic rings. The van der Waals surface area contributed by atoms with Gasteiger partial charge in [-0.2, -0.15) is 18.9 Å². The third kappa shape index (κ3) is 3.12. The number of nitrogens with zero attached hydrogens (tertiary/aromatic N) is 2. The first-order chi connectivity index (χ1) is 11.4. The van der Waals surface area contributed by atoms with Gasteiger partial charge in [0.2, 0.25) is 0 Å². The van der Waals surface area contributed by atoms with Crippen molar-refractivity contribution in [3.63, 3.8) is 0 Å². The van der Waals surface area contributed by atoms with E-state index in [2.05, 4.69) is 19.0 Å². The summed E-state index contributed by atoms with van der Waals surface area (Å²) in [5.74, 6) is 0. The molecule has 0 aromatic carbocycles. The highest BCUT2D eigenvalue weighted by Gasteiger charge is 2.37. The first kappa shape index (κ1) is 16.8. The van der Waals surface area contributed by atoms with Gasteiger partial charge in [0, 0.05) is 0 Å². The van der Waals surface area contributed by atoms with E-state index >= 15 is 0 Å². The molecule has 130 valence electrons. The largest absolute Gasteiger partial charge is 0.447 e. The first-order valence-electron chi connectivity index (χ1n) is 7.30. The van der Waals surface area contributed by atoms with Crippen LogP contribution >= 0.6 is 18.9 Å². The lowest BCUT2D eigenvalue weighted by Gasteiger charge is -2.32. The van der Waals surface area contributed by atoms with E-state index in [1.54, 1.807) is 0 Å². The summed E-state index contributed by atoms with van der Waals surface area (Å²) in [6.07, 6.45) is 0.863. The number of halogens is 1. The van der Waals surface area contributed by atoms with E-state index in [-0.39, 0.29) is 13.2 Å². The van der Waals surface area contributed by atoms with Crippen LogP contribution in [-0.2, 0) is 9.57 Å². The number of allylic oxidation sites excluding steroid dienone is 2. The minimum absolute atomic E-state index is 0.0898. The molecule has 9 heteroatoms. The van der Waals surface area contributed by atoms with Crippen molar-refractivity contribution in [2.75, 3.05) is 18.1 Å². The Morgan fingerprint density at radius 2 is 2.21 bits per heavy atom. The molecule has 1 saturated heterocycles. The second-order valence-corrected chi connectivity index (χ2v) is 10.1. The van der Waals surface area contributed by atoms with E-state index in [1.807, 2.05) is 6.92 Å². The molecule has 2 aliphatic heterocycles. The smallest absolute Gasteiger partial charge is 0.444 e. The molecule has 1 fully saturated rings. The molecule has 0 saturated carbocycles. The van der Waals surface area contributed by atoms with Crippen LogP contribution in [0, 0.1) is 0 Å². The monoisotopic (exact) mass is 447 g/mol. The highest BCUT2D eigenvalue weighted by molar-refractivity contribution is 14.2. The Hall–Kier alpha value is -2.04. The minimum atomic E-state index is -1.31. The molecule has 0 aromatic heterocycles. The summed E-state index contributed by atoms with van der Waals surface area (Å²) in [5.41, 5.74) is 8.53. The lowest BCUT2D eigenvalue weighted by molar-refractivity contribution is -0.0839. The zero-order valence-corrected chi connectivity index (χ0v) is 15.5. The number of ether oxygens (including phenoxy) is 1. The standard InChI is InChI=1S/C15H18IN3O5/c1-9-5-10-7-16(2)8-11(10)12(6-9)19(13(17)20)24-15(22)18-3-4-23-14(18)21/h5,7-8,12H,3-4,6H2,1-2H3,(H2,17,20)/t12-/m1/s1. The number of alkyl halides is 1. The van der Waals surface area contributed by atoms with Crippen LogP contribution < -0.4 is 5.73 Å². The molecule has 3 rings (SSSR count). The number of rotatable bonds is 1. The first-order valence-corrected chi connectivity index (χ1v) is 11.9. The van der Waals surface area contributed by atoms with Crippen LogP contribution in [0.3, 0.4) is 0 Å². The van der Waals surface area contributed by atoms with Crippen LogP contribution in [0.2, 0.25) is 0 Å². The number of carbonyl (C=O) groups excluding carboxylic acids is 3. The highest BCUT2D eigenvalue weighted by atomic mass is 127. The average molecular weight is 447 g/mol. The van der Waals surface area contributed by atoms with Crippen LogP contribution in [0.1, 0.15) is 13.3 Å². The number of imide groups is 1. The van der Waals surface area contributed by atoms with E-state index in [1.165, 1.54) is 0 Å². The van der Waals surface area contributed by atoms with Gasteiger partial charge in [-0.05, 0) is 37.4 Å². The van der Waals surface area contributed by atoms with Crippen LogP contribution in [0.5, 0.6) is 0 Å². The third-order valence-corrected chi connectivity index (χ3v) is 7.15. The fourth-order valence-corrected chi connectivity index (χ4v) is 6.42. The predicted molar refractivity (Wildman–Crippen MR) is 97.2 cm³/mol. The number of urea groups is 1. The maximum absolute atomic E-state index is 12.2. The maximum atomic E-state index is 12.2. The Morgan fingerprint density at radius 3 is 2.83 bits per heavy atom. The van der Waals surface area contributed by atoms with Gasteiger partial charge in [0.25, 0.3) is 0 Å². The Labute approximate surface area is 145 Å².